The van der Waals surface area contributed by atoms with Crippen molar-refractivity contribution < 1.29 is 4.74 Å². The number of ether oxygens (including phenoxy) is 1. The smallest absolute Gasteiger partial charge is 0.241 e. The van der Waals surface area contributed by atoms with Crippen molar-refractivity contribution in [1.82, 2.24) is 14.8 Å². The van der Waals surface area contributed by atoms with Crippen LogP contribution in [0.2, 0.25) is 5.02 Å². The van der Waals surface area contributed by atoms with Gasteiger partial charge in [-0.15, -0.1) is 5.10 Å². The molecular weight excluding hydrogens is 350 g/mol. The van der Waals surface area contributed by atoms with Crippen molar-refractivity contribution in [3.05, 3.63) is 64.7 Å². The second-order valence-electron chi connectivity index (χ2n) is 6.21. The molecule has 0 unspecified atom stereocenters. The predicted molar refractivity (Wildman–Crippen MR) is 103 cm³/mol. The van der Waals surface area contributed by atoms with Gasteiger partial charge < -0.3 is 15.8 Å². The molecule has 1 aliphatic rings. The summed E-state index contributed by atoms with van der Waals surface area (Å²) in [4.78, 5) is 4.33. The van der Waals surface area contributed by atoms with E-state index in [4.69, 9.17) is 22.1 Å². The molecule has 3 N–H and O–H groups in total. The number of benzene rings is 2. The minimum absolute atomic E-state index is 0.00741. The molecule has 2 atom stereocenters. The van der Waals surface area contributed by atoms with Crippen molar-refractivity contribution in [3.63, 3.8) is 0 Å². The highest BCUT2D eigenvalue weighted by Gasteiger charge is 2.31. The van der Waals surface area contributed by atoms with Gasteiger partial charge in [0, 0.05) is 5.02 Å². The van der Waals surface area contributed by atoms with Gasteiger partial charge in [-0.3, -0.25) is 0 Å². The molecule has 0 aliphatic carbocycles. The lowest BCUT2D eigenvalue weighted by atomic mass is 9.93. The Morgan fingerprint density at radius 1 is 1.23 bits per heavy atom. The number of hydrogen-bond acceptors (Lipinski definition) is 5. The molecule has 7 heteroatoms. The van der Waals surface area contributed by atoms with E-state index in [-0.39, 0.29) is 18.0 Å². The number of halogens is 1. The second kappa shape index (κ2) is 6.88. The molecule has 26 heavy (non-hydrogen) atoms. The Kier molecular flexibility index (Phi) is 4.42. The molecule has 3 aromatic rings. The maximum atomic E-state index is 6.42. The van der Waals surface area contributed by atoms with Crippen LogP contribution < -0.4 is 15.8 Å². The van der Waals surface area contributed by atoms with Gasteiger partial charge in [-0.1, -0.05) is 41.9 Å². The van der Waals surface area contributed by atoms with Gasteiger partial charge in [0.1, 0.15) is 5.75 Å². The van der Waals surface area contributed by atoms with Crippen molar-refractivity contribution in [1.29, 1.82) is 0 Å². The SMILES string of the molecule is CCOc1ccc([C@H]2C[C@H](c3ccccc3Cl)Nc3nc(N)nn32)cc1. The Labute approximate surface area is 156 Å². The first-order valence-corrected chi connectivity index (χ1v) is 8.99. The maximum Gasteiger partial charge on any atom is 0.241 e. The number of rotatable bonds is 4. The van der Waals surface area contributed by atoms with Crippen molar-refractivity contribution >= 4 is 23.5 Å². The minimum atomic E-state index is 0.00741. The van der Waals surface area contributed by atoms with Crippen LogP contribution >= 0.6 is 11.6 Å². The lowest BCUT2D eigenvalue weighted by molar-refractivity contribution is 0.340. The summed E-state index contributed by atoms with van der Waals surface area (Å²) in [5, 5.41) is 8.51. The molecule has 6 nitrogen and oxygen atoms in total. The number of nitrogens with two attached hydrogens (primary N) is 1. The van der Waals surface area contributed by atoms with Crippen molar-refractivity contribution in [2.24, 2.45) is 0 Å². The molecule has 0 saturated carbocycles. The number of nitrogens with zero attached hydrogens (tertiary/aromatic N) is 3. The summed E-state index contributed by atoms with van der Waals surface area (Å²) in [6, 6.07) is 16.0. The zero-order chi connectivity index (χ0) is 18.1. The van der Waals surface area contributed by atoms with E-state index in [1.54, 1.807) is 0 Å². The van der Waals surface area contributed by atoms with Crippen LogP contribution in [0.1, 0.15) is 36.6 Å². The van der Waals surface area contributed by atoms with Crippen molar-refractivity contribution in [2.45, 2.75) is 25.4 Å². The first kappa shape index (κ1) is 16.7. The fourth-order valence-corrected chi connectivity index (χ4v) is 3.65. The Balaban J connectivity index is 1.71. The molecule has 0 amide bonds. The standard InChI is InChI=1S/C19H20ClN5O/c1-2-26-13-9-7-12(8-10-13)17-11-16(14-5-3-4-6-15(14)20)22-19-23-18(21)24-25(17)19/h3-10,16-17H,2,11H2,1H3,(H3,21,22,23,24)/t16-,17-/m1/s1. The van der Waals surface area contributed by atoms with Crippen molar-refractivity contribution in [2.75, 3.05) is 17.7 Å². The third kappa shape index (κ3) is 3.08. The summed E-state index contributed by atoms with van der Waals surface area (Å²) >= 11 is 6.42. The molecule has 2 heterocycles. The molecule has 0 radical (unpaired) electrons. The van der Waals surface area contributed by atoms with Crippen LogP contribution in [0.15, 0.2) is 48.5 Å². The van der Waals surface area contributed by atoms with Crippen LogP contribution in [0.3, 0.4) is 0 Å². The highest BCUT2D eigenvalue weighted by atomic mass is 35.5. The highest BCUT2D eigenvalue weighted by Crippen LogP contribution is 2.40. The summed E-state index contributed by atoms with van der Waals surface area (Å²) in [5.74, 6) is 1.76. The Morgan fingerprint density at radius 3 is 2.73 bits per heavy atom. The van der Waals surface area contributed by atoms with E-state index >= 15 is 0 Å². The summed E-state index contributed by atoms with van der Waals surface area (Å²) in [6.07, 6.45) is 0.785. The van der Waals surface area contributed by atoms with Gasteiger partial charge in [-0.2, -0.15) is 4.98 Å². The summed E-state index contributed by atoms with van der Waals surface area (Å²) in [7, 11) is 0. The molecule has 1 aromatic heterocycles. The van der Waals surface area contributed by atoms with Crippen LogP contribution in [0.25, 0.3) is 0 Å². The molecule has 0 bridgehead atoms. The van der Waals surface area contributed by atoms with Gasteiger partial charge >= 0.3 is 0 Å². The molecule has 1 aliphatic heterocycles. The molecule has 4 rings (SSSR count). The molecule has 0 spiro atoms. The van der Waals surface area contributed by atoms with E-state index in [2.05, 4.69) is 27.5 Å². The topological polar surface area (TPSA) is 78.0 Å². The molecule has 2 aromatic carbocycles. The van der Waals surface area contributed by atoms with Gasteiger partial charge in [0.15, 0.2) is 0 Å². The molecule has 0 fully saturated rings. The van der Waals surface area contributed by atoms with Gasteiger partial charge in [0.2, 0.25) is 11.9 Å². The van der Waals surface area contributed by atoms with E-state index in [9.17, 15) is 0 Å². The van der Waals surface area contributed by atoms with E-state index in [1.165, 1.54) is 0 Å². The number of fused-ring (bicyclic) bond motifs is 1. The molecular formula is C19H20ClN5O. The number of nitrogen functional groups attached to an aromatic ring is 1. The zero-order valence-electron chi connectivity index (χ0n) is 14.4. The van der Waals surface area contributed by atoms with Crippen LogP contribution in [0.5, 0.6) is 5.75 Å². The van der Waals surface area contributed by atoms with Gasteiger partial charge in [0.05, 0.1) is 18.7 Å². The molecule has 134 valence electrons. The van der Waals surface area contributed by atoms with Gasteiger partial charge in [0.25, 0.3) is 0 Å². The second-order valence-corrected chi connectivity index (χ2v) is 6.62. The zero-order valence-corrected chi connectivity index (χ0v) is 15.1. The first-order valence-electron chi connectivity index (χ1n) is 8.61. The number of anilines is 2. The van der Waals surface area contributed by atoms with Crippen LogP contribution in [-0.4, -0.2) is 21.4 Å². The fraction of sp³-hybridized carbons (Fsp3) is 0.263. The first-order chi connectivity index (χ1) is 12.7. The lowest BCUT2D eigenvalue weighted by Gasteiger charge is -2.32. The Hall–Kier alpha value is -2.73. The maximum absolute atomic E-state index is 6.42. The van der Waals surface area contributed by atoms with Gasteiger partial charge in [-0.25, -0.2) is 4.68 Å². The number of aromatic nitrogens is 3. The lowest BCUT2D eigenvalue weighted by Crippen LogP contribution is -2.28. The van der Waals surface area contributed by atoms with Crippen LogP contribution in [0.4, 0.5) is 11.9 Å². The third-order valence-electron chi connectivity index (χ3n) is 4.56. The summed E-state index contributed by atoms with van der Waals surface area (Å²) in [6.45, 7) is 2.62. The quantitative estimate of drug-likeness (QED) is 0.725. The van der Waals surface area contributed by atoms with E-state index in [1.807, 2.05) is 48.0 Å². The monoisotopic (exact) mass is 369 g/mol. The van der Waals surface area contributed by atoms with Crippen molar-refractivity contribution in [3.8, 4) is 5.75 Å². The minimum Gasteiger partial charge on any atom is -0.494 e. The normalized spacial score (nSPS) is 18.8. The molecule has 0 saturated heterocycles. The average molecular weight is 370 g/mol. The van der Waals surface area contributed by atoms with Gasteiger partial charge in [-0.05, 0) is 42.7 Å². The highest BCUT2D eigenvalue weighted by molar-refractivity contribution is 6.31. The van der Waals surface area contributed by atoms with Crippen LogP contribution in [0, 0.1) is 0 Å². The van der Waals surface area contributed by atoms with E-state index < -0.39 is 0 Å². The average Bonchev–Trinajstić information content (AvgIpc) is 3.02. The number of hydrogen-bond donors (Lipinski definition) is 2. The number of nitrogens with one attached hydrogen (secondary N) is 1. The predicted octanol–water partition coefficient (Wildman–Crippen LogP) is 4.06. The Bertz CT molecular complexity index is 909. The van der Waals surface area contributed by atoms with E-state index in [0.29, 0.717) is 12.6 Å². The summed E-state index contributed by atoms with van der Waals surface area (Å²) in [5.41, 5.74) is 8.01. The Morgan fingerprint density at radius 2 is 2.00 bits per heavy atom. The van der Waals surface area contributed by atoms with Crippen LogP contribution in [-0.2, 0) is 0 Å². The van der Waals surface area contributed by atoms with E-state index in [0.717, 1.165) is 28.3 Å². The largest absolute Gasteiger partial charge is 0.494 e. The third-order valence-corrected chi connectivity index (χ3v) is 4.91. The fourth-order valence-electron chi connectivity index (χ4n) is 3.39. The summed E-state index contributed by atoms with van der Waals surface area (Å²) < 4.78 is 7.39.